The van der Waals surface area contributed by atoms with Crippen LogP contribution < -0.4 is 10.6 Å². The second-order valence-electron chi connectivity index (χ2n) is 8.06. The Balaban J connectivity index is 1.75. The molecule has 0 aliphatic rings. The van der Waals surface area contributed by atoms with Gasteiger partial charge in [0.25, 0.3) is 0 Å². The molecule has 0 aliphatic carbocycles. The van der Waals surface area contributed by atoms with E-state index in [9.17, 15) is 9.59 Å². The van der Waals surface area contributed by atoms with Gasteiger partial charge >= 0.3 is 0 Å². The van der Waals surface area contributed by atoms with Gasteiger partial charge < -0.3 is 15.5 Å². The fourth-order valence-electron chi connectivity index (χ4n) is 3.07. The Hall–Kier alpha value is -3.94. The zero-order chi connectivity index (χ0) is 25.4. The maximum atomic E-state index is 12.7. The van der Waals surface area contributed by atoms with E-state index in [2.05, 4.69) is 30.4 Å². The molecule has 0 saturated carbocycles. The average Bonchev–Trinajstić information content (AvgIpc) is 3.31. The lowest BCUT2D eigenvalue weighted by molar-refractivity contribution is -0.117. The van der Waals surface area contributed by atoms with Crippen LogP contribution in [-0.4, -0.2) is 52.3 Å². The van der Waals surface area contributed by atoms with Crippen molar-refractivity contribution in [2.24, 2.45) is 0 Å². The first-order valence-electron chi connectivity index (χ1n) is 11.0. The third kappa shape index (κ3) is 7.02. The molecule has 10 heteroatoms. The monoisotopic (exact) mass is 489 g/mol. The first-order chi connectivity index (χ1) is 16.8. The van der Waals surface area contributed by atoms with Gasteiger partial charge in [-0.25, -0.2) is 9.83 Å². The summed E-state index contributed by atoms with van der Waals surface area (Å²) >= 11 is 1.46. The van der Waals surface area contributed by atoms with Gasteiger partial charge in [0.05, 0.1) is 12.5 Å². The van der Waals surface area contributed by atoms with Gasteiger partial charge in [-0.1, -0.05) is 13.0 Å². The summed E-state index contributed by atoms with van der Waals surface area (Å²) in [6, 6.07) is 3.50. The number of amides is 2. The van der Waals surface area contributed by atoms with Crippen molar-refractivity contribution in [1.29, 1.82) is 0 Å². The molecule has 2 amide bonds. The van der Waals surface area contributed by atoms with Crippen molar-refractivity contribution in [3.8, 4) is 11.1 Å². The summed E-state index contributed by atoms with van der Waals surface area (Å²) < 4.78 is 0. The van der Waals surface area contributed by atoms with E-state index in [4.69, 9.17) is 6.57 Å². The minimum absolute atomic E-state index is 0.179. The Morgan fingerprint density at radius 1 is 1.14 bits per heavy atom. The van der Waals surface area contributed by atoms with Crippen molar-refractivity contribution < 1.29 is 9.59 Å². The SMILES string of the molecule is [C-]#[N+]c1cc(-c2cncc(C(C)C(=O)Nc3ncc(CC)s3)c2)cnc1NC(=O)/C=C/CN(C)C. The molecular formula is C25H27N7O2S. The van der Waals surface area contributed by atoms with Gasteiger partial charge in [-0.15, -0.1) is 11.3 Å². The van der Waals surface area contributed by atoms with E-state index in [0.29, 0.717) is 22.8 Å². The number of rotatable bonds is 9. The zero-order valence-electron chi connectivity index (χ0n) is 20.1. The van der Waals surface area contributed by atoms with Crippen LogP contribution in [0, 0.1) is 6.57 Å². The highest BCUT2D eigenvalue weighted by molar-refractivity contribution is 7.15. The van der Waals surface area contributed by atoms with Crippen molar-refractivity contribution in [3.05, 3.63) is 70.9 Å². The number of likely N-dealkylation sites (N-methyl/N-ethyl adjacent to an activating group) is 1. The predicted molar refractivity (Wildman–Crippen MR) is 139 cm³/mol. The van der Waals surface area contributed by atoms with Crippen molar-refractivity contribution in [3.63, 3.8) is 0 Å². The fraction of sp³-hybridized carbons (Fsp3) is 0.280. The quantitative estimate of drug-likeness (QED) is 0.338. The molecule has 3 heterocycles. The summed E-state index contributed by atoms with van der Waals surface area (Å²) in [7, 11) is 3.80. The van der Waals surface area contributed by atoms with Gasteiger partial charge in [-0.3, -0.25) is 19.6 Å². The summed E-state index contributed by atoms with van der Waals surface area (Å²) in [5, 5.41) is 6.08. The van der Waals surface area contributed by atoms with Crippen molar-refractivity contribution in [1.82, 2.24) is 19.9 Å². The number of anilines is 2. The highest BCUT2D eigenvalue weighted by Crippen LogP contribution is 2.30. The third-order valence-corrected chi connectivity index (χ3v) is 6.14. The second-order valence-corrected chi connectivity index (χ2v) is 9.18. The summed E-state index contributed by atoms with van der Waals surface area (Å²) in [4.78, 5) is 44.2. The van der Waals surface area contributed by atoms with Gasteiger partial charge in [-0.2, -0.15) is 0 Å². The second kappa shape index (κ2) is 12.0. The number of hydrogen-bond donors (Lipinski definition) is 2. The summed E-state index contributed by atoms with van der Waals surface area (Å²) in [5.74, 6) is -0.805. The first kappa shape index (κ1) is 25.7. The van der Waals surface area contributed by atoms with Crippen LogP contribution >= 0.6 is 11.3 Å². The average molecular weight is 490 g/mol. The van der Waals surface area contributed by atoms with E-state index in [1.807, 2.05) is 32.0 Å². The van der Waals surface area contributed by atoms with Crippen LogP contribution in [-0.2, 0) is 16.0 Å². The van der Waals surface area contributed by atoms with Crippen molar-refractivity contribution in [2.45, 2.75) is 26.2 Å². The zero-order valence-corrected chi connectivity index (χ0v) is 20.9. The van der Waals surface area contributed by atoms with Gasteiger partial charge in [0.2, 0.25) is 17.5 Å². The number of aryl methyl sites for hydroxylation is 1. The first-order valence-corrected chi connectivity index (χ1v) is 11.8. The molecule has 2 N–H and O–H groups in total. The number of thiazole rings is 1. The lowest BCUT2D eigenvalue weighted by Crippen LogP contribution is -2.18. The Morgan fingerprint density at radius 2 is 1.91 bits per heavy atom. The standard InChI is InChI=1S/C25H27N7O2S/c1-6-20-15-29-25(35-20)31-24(34)16(2)17-10-18(13-27-12-17)19-11-21(26-3)23(28-14-19)30-22(33)8-7-9-32(4)5/h7-8,10-16H,6,9H2,1-2,4-5H3,(H,28,30,33)(H,29,31,34)/b8-7+. The molecule has 3 aromatic heterocycles. The molecule has 0 spiro atoms. The number of hydrogen-bond acceptors (Lipinski definition) is 7. The molecule has 3 rings (SSSR count). The molecule has 0 radical (unpaired) electrons. The molecule has 0 aromatic carbocycles. The number of carbonyl (C=O) groups excluding carboxylic acids is 2. The van der Waals surface area contributed by atoms with E-state index < -0.39 is 5.92 Å². The summed E-state index contributed by atoms with van der Waals surface area (Å²) in [6.45, 7) is 12.0. The van der Waals surface area contributed by atoms with Gasteiger partial charge in [0.15, 0.2) is 5.13 Å². The third-order valence-electron chi connectivity index (χ3n) is 5.09. The molecule has 1 unspecified atom stereocenters. The molecular weight excluding hydrogens is 462 g/mol. The van der Waals surface area contributed by atoms with Crippen LogP contribution in [0.25, 0.3) is 16.0 Å². The molecule has 3 aromatic rings. The number of carbonyl (C=O) groups is 2. The van der Waals surface area contributed by atoms with Crippen LogP contribution in [0.5, 0.6) is 0 Å². The Bertz CT molecular complexity index is 1280. The van der Waals surface area contributed by atoms with Crippen LogP contribution in [0.3, 0.4) is 0 Å². The van der Waals surface area contributed by atoms with Gasteiger partial charge in [-0.05, 0) is 50.7 Å². The lowest BCUT2D eigenvalue weighted by Gasteiger charge is -2.13. The molecule has 0 bridgehead atoms. The normalized spacial score (nSPS) is 11.9. The molecule has 0 saturated heterocycles. The van der Waals surface area contributed by atoms with Crippen LogP contribution in [0.15, 0.2) is 49.1 Å². The summed E-state index contributed by atoms with van der Waals surface area (Å²) in [5.41, 5.74) is 2.31. The molecule has 1 atom stereocenters. The smallest absolute Gasteiger partial charge is 0.248 e. The minimum atomic E-state index is -0.461. The van der Waals surface area contributed by atoms with E-state index >= 15 is 0 Å². The Morgan fingerprint density at radius 3 is 2.60 bits per heavy atom. The van der Waals surface area contributed by atoms with E-state index in [-0.39, 0.29) is 23.3 Å². The van der Waals surface area contributed by atoms with Crippen LogP contribution in [0.4, 0.5) is 16.6 Å². The molecule has 9 nitrogen and oxygen atoms in total. The molecule has 0 fully saturated rings. The number of nitrogens with zero attached hydrogens (tertiary/aromatic N) is 5. The predicted octanol–water partition coefficient (Wildman–Crippen LogP) is 4.51. The topological polar surface area (TPSA) is 104 Å². The van der Waals surface area contributed by atoms with Gasteiger partial charge in [0.1, 0.15) is 5.82 Å². The summed E-state index contributed by atoms with van der Waals surface area (Å²) in [6.07, 6.45) is 10.6. The maximum Gasteiger partial charge on any atom is 0.248 e. The maximum absolute atomic E-state index is 12.7. The minimum Gasteiger partial charge on any atom is -0.316 e. The van der Waals surface area contributed by atoms with Gasteiger partial charge in [0, 0.05) is 47.8 Å². The number of nitrogens with one attached hydrogen (secondary N) is 2. The number of aromatic nitrogens is 3. The van der Waals surface area contributed by atoms with E-state index in [0.717, 1.165) is 16.9 Å². The van der Waals surface area contributed by atoms with E-state index in [1.165, 1.54) is 17.4 Å². The largest absolute Gasteiger partial charge is 0.316 e. The Kier molecular flexibility index (Phi) is 8.78. The fourth-order valence-corrected chi connectivity index (χ4v) is 3.82. The highest BCUT2D eigenvalue weighted by atomic mass is 32.1. The highest BCUT2D eigenvalue weighted by Gasteiger charge is 2.18. The van der Waals surface area contributed by atoms with E-state index in [1.54, 1.807) is 43.9 Å². The molecule has 0 aliphatic heterocycles. The number of pyridine rings is 2. The van der Waals surface area contributed by atoms with Crippen molar-refractivity contribution in [2.75, 3.05) is 31.3 Å². The Labute approximate surface area is 208 Å². The van der Waals surface area contributed by atoms with Crippen molar-refractivity contribution >= 4 is 39.8 Å². The molecule has 35 heavy (non-hydrogen) atoms. The van der Waals surface area contributed by atoms with Crippen LogP contribution in [0.1, 0.15) is 30.2 Å². The lowest BCUT2D eigenvalue weighted by atomic mass is 9.99. The molecule has 180 valence electrons. The van der Waals surface area contributed by atoms with Crippen LogP contribution in [0.2, 0.25) is 0 Å².